The average Bonchev–Trinajstić information content (AvgIpc) is 2.37. The van der Waals surface area contributed by atoms with Crippen molar-refractivity contribution in [1.29, 1.82) is 0 Å². The van der Waals surface area contributed by atoms with Crippen molar-refractivity contribution in [2.45, 2.75) is 32.6 Å². The van der Waals surface area contributed by atoms with Crippen molar-refractivity contribution in [2.24, 2.45) is 0 Å². The summed E-state index contributed by atoms with van der Waals surface area (Å²) in [5, 5.41) is 5.46. The summed E-state index contributed by atoms with van der Waals surface area (Å²) in [6, 6.07) is 9.96. The van der Waals surface area contributed by atoms with Gasteiger partial charge in [-0.2, -0.15) is 0 Å². The van der Waals surface area contributed by atoms with E-state index in [1.807, 2.05) is 13.0 Å². The molecule has 0 bridgehead atoms. The van der Waals surface area contributed by atoms with Gasteiger partial charge in [0.25, 0.3) is 0 Å². The van der Waals surface area contributed by atoms with E-state index in [0.29, 0.717) is 13.0 Å². The fourth-order valence-corrected chi connectivity index (χ4v) is 1.44. The van der Waals surface area contributed by atoms with E-state index >= 15 is 0 Å². The molecule has 1 rings (SSSR count). The van der Waals surface area contributed by atoms with Gasteiger partial charge in [0.15, 0.2) is 0 Å². The Kier molecular flexibility index (Phi) is 6.54. The maximum absolute atomic E-state index is 11.5. The Balaban J connectivity index is 2.16. The van der Waals surface area contributed by atoms with Crippen LogP contribution in [-0.2, 0) is 9.59 Å². The maximum Gasteiger partial charge on any atom is 0.226 e. The van der Waals surface area contributed by atoms with E-state index < -0.39 is 0 Å². The van der Waals surface area contributed by atoms with Crippen molar-refractivity contribution >= 4 is 17.5 Å². The molecular weight excluding hydrogens is 228 g/mol. The van der Waals surface area contributed by atoms with Gasteiger partial charge in [-0.25, -0.2) is 0 Å². The molecule has 0 heterocycles. The Hall–Kier alpha value is -1.84. The summed E-state index contributed by atoms with van der Waals surface area (Å²) in [5.41, 5.74) is 0.722. The van der Waals surface area contributed by atoms with Crippen molar-refractivity contribution in [3.8, 4) is 0 Å². The van der Waals surface area contributed by atoms with Crippen LogP contribution < -0.4 is 10.6 Å². The molecule has 0 saturated carbocycles. The van der Waals surface area contributed by atoms with Crippen LogP contribution in [0.3, 0.4) is 0 Å². The van der Waals surface area contributed by atoms with Crippen LogP contribution in [-0.4, -0.2) is 18.4 Å². The number of carbonyl (C=O) groups is 2. The second-order valence-electron chi connectivity index (χ2n) is 4.04. The molecule has 0 aliphatic carbocycles. The number of unbranched alkanes of at least 4 members (excludes halogenated alkanes) is 1. The first-order chi connectivity index (χ1) is 8.72. The average molecular weight is 247 g/mol. The Morgan fingerprint density at radius 2 is 2.11 bits per heavy atom. The van der Waals surface area contributed by atoms with Gasteiger partial charge < -0.3 is 10.6 Å². The van der Waals surface area contributed by atoms with Crippen LogP contribution in [0.5, 0.6) is 0 Å². The number of hydrogen-bond acceptors (Lipinski definition) is 2. The molecule has 4 nitrogen and oxygen atoms in total. The van der Waals surface area contributed by atoms with E-state index in [-0.39, 0.29) is 18.2 Å². The summed E-state index contributed by atoms with van der Waals surface area (Å²) in [5.74, 6) is -0.0944. The van der Waals surface area contributed by atoms with E-state index in [1.54, 1.807) is 18.2 Å². The summed E-state index contributed by atoms with van der Waals surface area (Å²) in [6.07, 6.45) is 2.70. The minimum atomic E-state index is -0.106. The topological polar surface area (TPSA) is 58.2 Å². The van der Waals surface area contributed by atoms with Gasteiger partial charge in [-0.05, 0) is 24.6 Å². The molecule has 0 fully saturated rings. The fraction of sp³-hybridized carbons (Fsp3) is 0.429. The SMILES string of the molecule is CCCCC(=O)NCCC(=O)Nc1c[c]ccc1. The lowest BCUT2D eigenvalue weighted by Crippen LogP contribution is -2.27. The molecule has 0 atom stereocenters. The van der Waals surface area contributed by atoms with Gasteiger partial charge in [0, 0.05) is 25.1 Å². The van der Waals surface area contributed by atoms with Gasteiger partial charge in [0.1, 0.15) is 0 Å². The third-order valence-corrected chi connectivity index (χ3v) is 2.42. The minimum Gasteiger partial charge on any atom is -0.356 e. The Labute approximate surface area is 108 Å². The zero-order valence-corrected chi connectivity index (χ0v) is 10.7. The first-order valence-corrected chi connectivity index (χ1v) is 6.25. The van der Waals surface area contributed by atoms with Gasteiger partial charge in [-0.1, -0.05) is 25.5 Å². The molecule has 0 saturated heterocycles. The molecule has 1 aromatic carbocycles. The van der Waals surface area contributed by atoms with Crippen molar-refractivity contribution in [1.82, 2.24) is 5.32 Å². The molecule has 18 heavy (non-hydrogen) atoms. The smallest absolute Gasteiger partial charge is 0.226 e. The van der Waals surface area contributed by atoms with Crippen molar-refractivity contribution in [2.75, 3.05) is 11.9 Å². The lowest BCUT2D eigenvalue weighted by atomic mass is 10.2. The lowest BCUT2D eigenvalue weighted by molar-refractivity contribution is -0.121. The van der Waals surface area contributed by atoms with Crippen LogP contribution in [0, 0.1) is 6.07 Å². The number of benzene rings is 1. The van der Waals surface area contributed by atoms with Crippen LogP contribution in [0.2, 0.25) is 0 Å². The fourth-order valence-electron chi connectivity index (χ4n) is 1.44. The number of nitrogens with one attached hydrogen (secondary N) is 2. The number of amides is 2. The number of carbonyl (C=O) groups excluding carboxylic acids is 2. The number of hydrogen-bond donors (Lipinski definition) is 2. The van der Waals surface area contributed by atoms with E-state index in [1.165, 1.54) is 0 Å². The zero-order valence-electron chi connectivity index (χ0n) is 10.7. The van der Waals surface area contributed by atoms with Gasteiger partial charge in [0.05, 0.1) is 0 Å². The number of rotatable bonds is 7. The molecule has 0 unspecified atom stereocenters. The van der Waals surface area contributed by atoms with Crippen molar-refractivity contribution in [3.63, 3.8) is 0 Å². The van der Waals surface area contributed by atoms with Crippen LogP contribution in [0.25, 0.3) is 0 Å². The monoisotopic (exact) mass is 247 g/mol. The van der Waals surface area contributed by atoms with E-state index in [9.17, 15) is 9.59 Å². The molecule has 2 N–H and O–H groups in total. The van der Waals surface area contributed by atoms with Gasteiger partial charge in [0.2, 0.25) is 11.8 Å². The molecule has 0 spiro atoms. The van der Waals surface area contributed by atoms with Crippen LogP contribution >= 0.6 is 0 Å². The highest BCUT2D eigenvalue weighted by Crippen LogP contribution is 2.04. The van der Waals surface area contributed by atoms with Gasteiger partial charge in [-0.3, -0.25) is 9.59 Å². The third kappa shape index (κ3) is 6.03. The zero-order chi connectivity index (χ0) is 13.2. The van der Waals surface area contributed by atoms with Gasteiger partial charge in [-0.15, -0.1) is 0 Å². The Morgan fingerprint density at radius 1 is 1.28 bits per heavy atom. The standard InChI is InChI=1S/C14H19N2O2/c1-2-3-9-13(17)15-11-10-14(18)16-12-7-5-4-6-8-12/h4-5,7-8H,2-3,9-11H2,1H3,(H,15,17)(H,16,18). The molecule has 0 aromatic heterocycles. The summed E-state index contributed by atoms with van der Waals surface area (Å²) in [6.45, 7) is 2.42. The van der Waals surface area contributed by atoms with Crippen LogP contribution in [0.1, 0.15) is 32.6 Å². The number of anilines is 1. The third-order valence-electron chi connectivity index (χ3n) is 2.42. The molecule has 0 aliphatic rings. The highest BCUT2D eigenvalue weighted by molar-refractivity contribution is 5.91. The van der Waals surface area contributed by atoms with Crippen molar-refractivity contribution < 1.29 is 9.59 Å². The predicted molar refractivity (Wildman–Crippen MR) is 71.1 cm³/mol. The molecule has 1 radical (unpaired) electrons. The Bertz CT molecular complexity index is 377. The first kappa shape index (κ1) is 14.2. The molecular formula is C14H19N2O2. The highest BCUT2D eigenvalue weighted by Gasteiger charge is 2.04. The second kappa shape index (κ2) is 8.28. The second-order valence-corrected chi connectivity index (χ2v) is 4.04. The largest absolute Gasteiger partial charge is 0.356 e. The minimum absolute atomic E-state index is 0.0118. The van der Waals surface area contributed by atoms with E-state index in [2.05, 4.69) is 16.7 Å². The summed E-state index contributed by atoms with van der Waals surface area (Å²) in [4.78, 5) is 22.8. The predicted octanol–water partition coefficient (Wildman–Crippen LogP) is 2.12. The normalized spacial score (nSPS) is 9.83. The molecule has 2 amide bonds. The molecule has 97 valence electrons. The summed E-state index contributed by atoms with van der Waals surface area (Å²) >= 11 is 0. The first-order valence-electron chi connectivity index (χ1n) is 6.25. The van der Waals surface area contributed by atoms with Crippen LogP contribution in [0.15, 0.2) is 24.3 Å². The highest BCUT2D eigenvalue weighted by atomic mass is 16.2. The summed E-state index contributed by atoms with van der Waals surface area (Å²) in [7, 11) is 0. The van der Waals surface area contributed by atoms with E-state index in [4.69, 9.17) is 0 Å². The summed E-state index contributed by atoms with van der Waals surface area (Å²) < 4.78 is 0. The van der Waals surface area contributed by atoms with Crippen molar-refractivity contribution in [3.05, 3.63) is 30.3 Å². The molecule has 4 heteroatoms. The maximum atomic E-state index is 11.5. The van der Waals surface area contributed by atoms with Gasteiger partial charge >= 0.3 is 0 Å². The molecule has 0 aliphatic heterocycles. The quantitative estimate of drug-likeness (QED) is 0.775. The molecule has 1 aromatic rings. The van der Waals surface area contributed by atoms with E-state index in [0.717, 1.165) is 18.5 Å². The van der Waals surface area contributed by atoms with Crippen LogP contribution in [0.4, 0.5) is 5.69 Å². The lowest BCUT2D eigenvalue weighted by Gasteiger charge is -2.06. The Morgan fingerprint density at radius 3 is 2.78 bits per heavy atom.